The molecule has 1 rings (SSSR count). The maximum atomic E-state index is 11.3. The van der Waals surface area contributed by atoms with Crippen LogP contribution in [0, 0.1) is 0 Å². The van der Waals surface area contributed by atoms with Crippen LogP contribution in [0.1, 0.15) is 24.2 Å². The van der Waals surface area contributed by atoms with Crippen LogP contribution < -0.4 is 10.5 Å². The average Bonchev–Trinajstić information content (AvgIpc) is 2.24. The molecular formula is C12H15NO5. The van der Waals surface area contributed by atoms with Gasteiger partial charge in [0.1, 0.15) is 11.3 Å². The van der Waals surface area contributed by atoms with E-state index in [9.17, 15) is 9.59 Å². The van der Waals surface area contributed by atoms with Crippen molar-refractivity contribution in [2.24, 2.45) is 0 Å². The van der Waals surface area contributed by atoms with Gasteiger partial charge in [-0.2, -0.15) is 0 Å². The highest BCUT2D eigenvalue weighted by molar-refractivity contribution is 5.96. The van der Waals surface area contributed by atoms with Gasteiger partial charge >= 0.3 is 11.9 Å². The highest BCUT2D eigenvalue weighted by atomic mass is 16.6. The van der Waals surface area contributed by atoms with E-state index in [4.69, 9.17) is 20.3 Å². The largest absolute Gasteiger partial charge is 0.481 e. The number of ether oxygens (including phenoxy) is 2. The molecule has 0 amide bonds. The van der Waals surface area contributed by atoms with E-state index < -0.39 is 11.9 Å². The predicted molar refractivity (Wildman–Crippen MR) is 64.5 cm³/mol. The lowest BCUT2D eigenvalue weighted by Gasteiger charge is -2.11. The Balaban J connectivity index is 2.76. The van der Waals surface area contributed by atoms with E-state index in [0.717, 1.165) is 0 Å². The van der Waals surface area contributed by atoms with Gasteiger partial charge in [0.25, 0.3) is 0 Å². The first kappa shape index (κ1) is 13.8. The van der Waals surface area contributed by atoms with Gasteiger partial charge in [-0.15, -0.1) is 0 Å². The van der Waals surface area contributed by atoms with Crippen molar-refractivity contribution in [2.45, 2.75) is 20.0 Å². The number of carboxylic acid groups (broad SMARTS) is 1. The standard InChI is InChI=1S/C12H15NO5/c1-7(2)18-10(14)6-17-9-5-3-4-8(13)11(9)12(15)16/h3-5,7H,6,13H2,1-2H3,(H,15,16). The van der Waals surface area contributed by atoms with E-state index in [-0.39, 0.29) is 29.7 Å². The molecule has 0 heterocycles. The monoisotopic (exact) mass is 253 g/mol. The Hall–Kier alpha value is -2.24. The number of aromatic carboxylic acids is 1. The van der Waals surface area contributed by atoms with Gasteiger partial charge in [0.2, 0.25) is 0 Å². The van der Waals surface area contributed by atoms with Crippen molar-refractivity contribution in [1.82, 2.24) is 0 Å². The Morgan fingerprint density at radius 1 is 1.39 bits per heavy atom. The van der Waals surface area contributed by atoms with E-state index in [0.29, 0.717) is 0 Å². The molecule has 1 aromatic rings. The van der Waals surface area contributed by atoms with Crippen LogP contribution in [0.15, 0.2) is 18.2 Å². The Labute approximate surface area is 104 Å². The van der Waals surface area contributed by atoms with Gasteiger partial charge in [-0.25, -0.2) is 9.59 Å². The summed E-state index contributed by atoms with van der Waals surface area (Å²) in [4.78, 5) is 22.3. The summed E-state index contributed by atoms with van der Waals surface area (Å²) in [5, 5.41) is 8.98. The van der Waals surface area contributed by atoms with Crippen molar-refractivity contribution in [2.75, 3.05) is 12.3 Å². The quantitative estimate of drug-likeness (QED) is 0.606. The Morgan fingerprint density at radius 2 is 2.06 bits per heavy atom. The van der Waals surface area contributed by atoms with Crippen LogP contribution in [0.4, 0.5) is 5.69 Å². The van der Waals surface area contributed by atoms with Crippen molar-refractivity contribution in [3.05, 3.63) is 23.8 Å². The van der Waals surface area contributed by atoms with Gasteiger partial charge in [0.15, 0.2) is 6.61 Å². The molecule has 0 saturated heterocycles. The van der Waals surface area contributed by atoms with Gasteiger partial charge in [-0.3, -0.25) is 0 Å². The van der Waals surface area contributed by atoms with E-state index in [1.165, 1.54) is 12.1 Å². The summed E-state index contributed by atoms with van der Waals surface area (Å²) >= 11 is 0. The zero-order valence-corrected chi connectivity index (χ0v) is 10.2. The topological polar surface area (TPSA) is 98.9 Å². The summed E-state index contributed by atoms with van der Waals surface area (Å²) < 4.78 is 9.97. The minimum absolute atomic E-state index is 0.0446. The van der Waals surface area contributed by atoms with E-state index in [1.807, 2.05) is 0 Å². The first-order chi connectivity index (χ1) is 8.41. The number of hydrogen-bond acceptors (Lipinski definition) is 5. The molecule has 0 unspecified atom stereocenters. The van der Waals surface area contributed by atoms with Crippen LogP contribution in [0.25, 0.3) is 0 Å². The fraction of sp³-hybridized carbons (Fsp3) is 0.333. The number of rotatable bonds is 5. The summed E-state index contributed by atoms with van der Waals surface area (Å²) in [6.45, 7) is 3.06. The number of carbonyl (C=O) groups excluding carboxylic acids is 1. The molecule has 0 bridgehead atoms. The molecule has 0 radical (unpaired) electrons. The number of nitrogen functional groups attached to an aromatic ring is 1. The molecule has 0 aliphatic rings. The van der Waals surface area contributed by atoms with Gasteiger partial charge in [0.05, 0.1) is 6.10 Å². The molecule has 0 atom stereocenters. The third-order valence-electron chi connectivity index (χ3n) is 1.98. The lowest BCUT2D eigenvalue weighted by molar-refractivity contribution is -0.149. The van der Waals surface area contributed by atoms with Crippen LogP contribution in [0.5, 0.6) is 5.75 Å². The van der Waals surface area contributed by atoms with E-state index >= 15 is 0 Å². The van der Waals surface area contributed by atoms with Crippen LogP contribution in [0.3, 0.4) is 0 Å². The Morgan fingerprint density at radius 3 is 2.61 bits per heavy atom. The fourth-order valence-electron chi connectivity index (χ4n) is 1.33. The maximum Gasteiger partial charge on any atom is 0.344 e. The normalized spacial score (nSPS) is 10.2. The second-order valence-corrected chi connectivity index (χ2v) is 3.85. The van der Waals surface area contributed by atoms with Crippen LogP contribution in [0.2, 0.25) is 0 Å². The number of nitrogens with two attached hydrogens (primary N) is 1. The lowest BCUT2D eigenvalue weighted by atomic mass is 10.1. The summed E-state index contributed by atoms with van der Waals surface area (Å²) in [6, 6.07) is 4.43. The molecule has 6 nitrogen and oxygen atoms in total. The van der Waals surface area contributed by atoms with Gasteiger partial charge in [-0.1, -0.05) is 6.07 Å². The van der Waals surface area contributed by atoms with Crippen molar-refractivity contribution < 1.29 is 24.2 Å². The molecule has 18 heavy (non-hydrogen) atoms. The lowest BCUT2D eigenvalue weighted by Crippen LogP contribution is -2.19. The summed E-state index contributed by atoms with van der Waals surface area (Å²) in [6.07, 6.45) is -0.249. The van der Waals surface area contributed by atoms with Gasteiger partial charge < -0.3 is 20.3 Å². The zero-order chi connectivity index (χ0) is 13.7. The number of hydrogen-bond donors (Lipinski definition) is 2. The highest BCUT2D eigenvalue weighted by Gasteiger charge is 2.16. The third-order valence-corrected chi connectivity index (χ3v) is 1.98. The predicted octanol–water partition coefficient (Wildman–Crippen LogP) is 1.30. The van der Waals surface area contributed by atoms with Crippen molar-refractivity contribution in [3.8, 4) is 5.75 Å². The summed E-state index contributed by atoms with van der Waals surface area (Å²) in [5.74, 6) is -1.73. The highest BCUT2D eigenvalue weighted by Crippen LogP contribution is 2.24. The van der Waals surface area contributed by atoms with E-state index in [2.05, 4.69) is 0 Å². The summed E-state index contributed by atoms with van der Waals surface area (Å²) in [5.41, 5.74) is 5.46. The third kappa shape index (κ3) is 3.65. The van der Waals surface area contributed by atoms with Crippen LogP contribution in [-0.2, 0) is 9.53 Å². The number of carboxylic acids is 1. The molecule has 0 saturated carbocycles. The van der Waals surface area contributed by atoms with Crippen molar-refractivity contribution in [3.63, 3.8) is 0 Å². The molecule has 0 aliphatic heterocycles. The van der Waals surface area contributed by atoms with Gasteiger partial charge in [0, 0.05) is 5.69 Å². The molecule has 0 spiro atoms. The Bertz CT molecular complexity index is 456. The van der Waals surface area contributed by atoms with Crippen LogP contribution >= 0.6 is 0 Å². The molecular weight excluding hydrogens is 238 g/mol. The fourth-order valence-corrected chi connectivity index (χ4v) is 1.33. The molecule has 0 aromatic heterocycles. The molecule has 98 valence electrons. The Kier molecular flexibility index (Phi) is 4.53. The smallest absolute Gasteiger partial charge is 0.344 e. The zero-order valence-electron chi connectivity index (χ0n) is 10.2. The molecule has 1 aromatic carbocycles. The maximum absolute atomic E-state index is 11.3. The average molecular weight is 253 g/mol. The SMILES string of the molecule is CC(C)OC(=O)COc1cccc(N)c1C(=O)O. The minimum Gasteiger partial charge on any atom is -0.481 e. The molecule has 6 heteroatoms. The van der Waals surface area contributed by atoms with E-state index in [1.54, 1.807) is 19.9 Å². The van der Waals surface area contributed by atoms with Crippen molar-refractivity contribution >= 4 is 17.6 Å². The molecule has 0 aliphatic carbocycles. The number of benzene rings is 1. The first-order valence-electron chi connectivity index (χ1n) is 5.36. The molecule has 0 fully saturated rings. The number of anilines is 1. The second-order valence-electron chi connectivity index (χ2n) is 3.85. The second kappa shape index (κ2) is 5.90. The molecule has 3 N–H and O–H groups in total. The number of carbonyl (C=O) groups is 2. The van der Waals surface area contributed by atoms with Crippen molar-refractivity contribution in [1.29, 1.82) is 0 Å². The van der Waals surface area contributed by atoms with Crippen LogP contribution in [-0.4, -0.2) is 29.8 Å². The number of esters is 1. The summed E-state index contributed by atoms with van der Waals surface area (Å²) in [7, 11) is 0. The van der Waals surface area contributed by atoms with Gasteiger partial charge in [-0.05, 0) is 26.0 Å². The minimum atomic E-state index is -1.21. The first-order valence-corrected chi connectivity index (χ1v) is 5.36.